The number of carbonyl (C=O) groups is 1. The van der Waals surface area contributed by atoms with Gasteiger partial charge in [0.15, 0.2) is 0 Å². The first kappa shape index (κ1) is 14.2. The van der Waals surface area contributed by atoms with Crippen LogP contribution in [0.2, 0.25) is 0 Å². The average Bonchev–Trinajstić information content (AvgIpc) is 2.18. The quantitative estimate of drug-likeness (QED) is 0.480. The topological polar surface area (TPSA) is 29.5 Å². The molecule has 0 heterocycles. The molecule has 0 amide bonds. The van der Waals surface area contributed by atoms with Crippen LogP contribution in [0.4, 0.5) is 0 Å². The van der Waals surface area contributed by atoms with Crippen molar-refractivity contribution in [2.75, 3.05) is 20.2 Å². The van der Waals surface area contributed by atoms with Crippen molar-refractivity contribution in [2.45, 2.75) is 39.7 Å². The third kappa shape index (κ3) is 5.57. The predicted octanol–water partition coefficient (Wildman–Crippen LogP) is 2.23. The van der Waals surface area contributed by atoms with E-state index in [-0.39, 0.29) is 5.97 Å². The van der Waals surface area contributed by atoms with E-state index in [9.17, 15) is 4.79 Å². The van der Waals surface area contributed by atoms with Crippen molar-refractivity contribution in [3.63, 3.8) is 0 Å². The van der Waals surface area contributed by atoms with Gasteiger partial charge in [0.25, 0.3) is 0 Å². The molecule has 0 aliphatic rings. The summed E-state index contributed by atoms with van der Waals surface area (Å²) in [5, 5.41) is 0. The van der Waals surface area contributed by atoms with E-state index in [1.807, 2.05) is 7.05 Å². The van der Waals surface area contributed by atoms with Crippen LogP contribution in [0.5, 0.6) is 0 Å². The number of nitrogens with zero attached hydrogens (tertiary/aromatic N) is 1. The van der Waals surface area contributed by atoms with Crippen molar-refractivity contribution in [1.29, 1.82) is 0 Å². The molecule has 0 aromatic rings. The van der Waals surface area contributed by atoms with Gasteiger partial charge in [0.1, 0.15) is 0 Å². The zero-order valence-electron chi connectivity index (χ0n) is 10.4. The molecule has 3 heteroatoms. The maximum Gasteiger partial charge on any atom is 0.334 e. The maximum atomic E-state index is 11.3. The Morgan fingerprint density at radius 3 is 2.53 bits per heavy atom. The summed E-state index contributed by atoms with van der Waals surface area (Å²) in [5.41, 5.74) is 0.530. The molecule has 3 nitrogen and oxygen atoms in total. The van der Waals surface area contributed by atoms with Gasteiger partial charge in [0.2, 0.25) is 0 Å². The van der Waals surface area contributed by atoms with Crippen molar-refractivity contribution in [3.8, 4) is 0 Å². The molecule has 0 N–H and O–H groups in total. The SMILES string of the molecule is C=C(CN(C)C(C)CCC)C(=O)OCC. The summed E-state index contributed by atoms with van der Waals surface area (Å²) in [6.07, 6.45) is 2.28. The number of carbonyl (C=O) groups excluding carboxylic acids is 1. The third-order valence-electron chi connectivity index (χ3n) is 2.46. The van der Waals surface area contributed by atoms with Gasteiger partial charge in [-0.25, -0.2) is 4.79 Å². The number of rotatable bonds is 7. The molecule has 0 aliphatic carbocycles. The van der Waals surface area contributed by atoms with Gasteiger partial charge < -0.3 is 4.74 Å². The molecule has 1 atom stereocenters. The lowest BCUT2D eigenvalue weighted by Crippen LogP contribution is -2.32. The smallest absolute Gasteiger partial charge is 0.334 e. The monoisotopic (exact) mass is 213 g/mol. The van der Waals surface area contributed by atoms with Crippen molar-refractivity contribution < 1.29 is 9.53 Å². The molecule has 15 heavy (non-hydrogen) atoms. The Bertz CT molecular complexity index is 214. The Labute approximate surface area is 93.1 Å². The molecule has 0 fully saturated rings. The second kappa shape index (κ2) is 7.46. The fraction of sp³-hybridized carbons (Fsp3) is 0.750. The number of esters is 1. The van der Waals surface area contributed by atoms with Gasteiger partial charge in [-0.15, -0.1) is 0 Å². The van der Waals surface area contributed by atoms with Crippen LogP contribution in [0.3, 0.4) is 0 Å². The Morgan fingerprint density at radius 1 is 1.47 bits per heavy atom. The molecule has 0 saturated carbocycles. The minimum absolute atomic E-state index is 0.284. The van der Waals surface area contributed by atoms with Crippen LogP contribution < -0.4 is 0 Å². The van der Waals surface area contributed by atoms with E-state index in [1.54, 1.807) is 6.92 Å². The van der Waals surface area contributed by atoms with Gasteiger partial charge in [-0.3, -0.25) is 4.90 Å². The second-order valence-electron chi connectivity index (χ2n) is 3.88. The fourth-order valence-electron chi connectivity index (χ4n) is 1.39. The Balaban J connectivity index is 4.00. The van der Waals surface area contributed by atoms with Crippen molar-refractivity contribution >= 4 is 5.97 Å². The summed E-state index contributed by atoms with van der Waals surface area (Å²) >= 11 is 0. The zero-order valence-corrected chi connectivity index (χ0v) is 10.4. The van der Waals surface area contributed by atoms with Crippen molar-refractivity contribution in [2.24, 2.45) is 0 Å². The molecule has 0 saturated heterocycles. The van der Waals surface area contributed by atoms with E-state index in [2.05, 4.69) is 25.3 Å². The Hall–Kier alpha value is -0.830. The number of hydrogen-bond donors (Lipinski definition) is 0. The molecule has 0 rings (SSSR count). The highest BCUT2D eigenvalue weighted by Gasteiger charge is 2.14. The minimum Gasteiger partial charge on any atom is -0.463 e. The first-order valence-corrected chi connectivity index (χ1v) is 5.58. The molecular formula is C12H23NO2. The highest BCUT2D eigenvalue weighted by Crippen LogP contribution is 2.07. The fourth-order valence-corrected chi connectivity index (χ4v) is 1.39. The van der Waals surface area contributed by atoms with Crippen LogP contribution in [0.25, 0.3) is 0 Å². The van der Waals surface area contributed by atoms with E-state index < -0.39 is 0 Å². The van der Waals surface area contributed by atoms with Crippen LogP contribution in [0.1, 0.15) is 33.6 Å². The molecular weight excluding hydrogens is 190 g/mol. The molecule has 0 aliphatic heterocycles. The van der Waals surface area contributed by atoms with Crippen LogP contribution >= 0.6 is 0 Å². The first-order valence-electron chi connectivity index (χ1n) is 5.58. The van der Waals surface area contributed by atoms with E-state index in [1.165, 1.54) is 0 Å². The summed E-state index contributed by atoms with van der Waals surface area (Å²) in [7, 11) is 2.00. The largest absolute Gasteiger partial charge is 0.463 e. The molecule has 88 valence electrons. The van der Waals surface area contributed by atoms with E-state index in [0.717, 1.165) is 12.8 Å². The molecule has 0 spiro atoms. The maximum absolute atomic E-state index is 11.3. The molecule has 0 bridgehead atoms. The van der Waals surface area contributed by atoms with E-state index in [4.69, 9.17) is 4.74 Å². The van der Waals surface area contributed by atoms with Crippen LogP contribution in [-0.2, 0) is 9.53 Å². The summed E-state index contributed by atoms with van der Waals surface area (Å²) in [6, 6.07) is 0.473. The lowest BCUT2D eigenvalue weighted by atomic mass is 10.1. The van der Waals surface area contributed by atoms with Gasteiger partial charge >= 0.3 is 5.97 Å². The summed E-state index contributed by atoms with van der Waals surface area (Å²) < 4.78 is 4.88. The molecule has 0 aromatic heterocycles. The van der Waals surface area contributed by atoms with Crippen molar-refractivity contribution in [1.82, 2.24) is 4.90 Å². The van der Waals surface area contributed by atoms with E-state index >= 15 is 0 Å². The number of likely N-dealkylation sites (N-methyl/N-ethyl adjacent to an activating group) is 1. The summed E-state index contributed by atoms with van der Waals surface area (Å²) in [4.78, 5) is 13.4. The average molecular weight is 213 g/mol. The lowest BCUT2D eigenvalue weighted by Gasteiger charge is -2.24. The minimum atomic E-state index is -0.284. The highest BCUT2D eigenvalue weighted by molar-refractivity contribution is 5.88. The van der Waals surface area contributed by atoms with Gasteiger partial charge in [-0.2, -0.15) is 0 Å². The predicted molar refractivity (Wildman–Crippen MR) is 62.8 cm³/mol. The van der Waals surface area contributed by atoms with Crippen LogP contribution in [0, 0.1) is 0 Å². The molecule has 0 aromatic carbocycles. The van der Waals surface area contributed by atoms with Crippen LogP contribution in [-0.4, -0.2) is 37.1 Å². The number of ether oxygens (including phenoxy) is 1. The Morgan fingerprint density at radius 2 is 2.07 bits per heavy atom. The summed E-state index contributed by atoms with van der Waals surface area (Å²) in [5.74, 6) is -0.284. The van der Waals surface area contributed by atoms with Crippen LogP contribution in [0.15, 0.2) is 12.2 Å². The standard InChI is InChI=1S/C12H23NO2/c1-6-8-11(4)13(5)9-10(3)12(14)15-7-2/h11H,3,6-9H2,1-2,4-5H3. The Kier molecular flexibility index (Phi) is 7.05. The number of hydrogen-bond acceptors (Lipinski definition) is 3. The van der Waals surface area contributed by atoms with Gasteiger partial charge in [-0.05, 0) is 27.3 Å². The van der Waals surface area contributed by atoms with Gasteiger partial charge in [-0.1, -0.05) is 19.9 Å². The highest BCUT2D eigenvalue weighted by atomic mass is 16.5. The lowest BCUT2D eigenvalue weighted by molar-refractivity contribution is -0.138. The zero-order chi connectivity index (χ0) is 11.8. The molecule has 0 radical (unpaired) electrons. The normalized spacial score (nSPS) is 12.6. The van der Waals surface area contributed by atoms with E-state index in [0.29, 0.717) is 24.8 Å². The second-order valence-corrected chi connectivity index (χ2v) is 3.88. The molecule has 1 unspecified atom stereocenters. The third-order valence-corrected chi connectivity index (χ3v) is 2.46. The van der Waals surface area contributed by atoms with Gasteiger partial charge in [0, 0.05) is 18.2 Å². The van der Waals surface area contributed by atoms with Gasteiger partial charge in [0.05, 0.1) is 6.61 Å². The summed E-state index contributed by atoms with van der Waals surface area (Å²) in [6.45, 7) is 10.8. The first-order chi connectivity index (χ1) is 7.02. The van der Waals surface area contributed by atoms with Crippen molar-refractivity contribution in [3.05, 3.63) is 12.2 Å².